The summed E-state index contributed by atoms with van der Waals surface area (Å²) in [6, 6.07) is 6.84. The molecule has 3 N–H and O–H groups in total. The average molecular weight is 430 g/mol. The number of hydrogen-bond acceptors (Lipinski definition) is 6. The molecule has 2 aromatic rings. The van der Waals surface area contributed by atoms with Gasteiger partial charge in [-0.25, -0.2) is 8.42 Å². The van der Waals surface area contributed by atoms with Gasteiger partial charge in [-0.3, -0.25) is 4.98 Å². The van der Waals surface area contributed by atoms with Crippen LogP contribution in [0.2, 0.25) is 0 Å². The fraction of sp³-hybridized carbons (Fsp3) is 0.389. The Hall–Kier alpha value is -2.37. The van der Waals surface area contributed by atoms with Crippen molar-refractivity contribution in [3.8, 4) is 0 Å². The molecule has 11 heteroatoms. The zero-order valence-electron chi connectivity index (χ0n) is 15.6. The molecule has 1 aliphatic heterocycles. The summed E-state index contributed by atoms with van der Waals surface area (Å²) in [6.45, 7) is 1.80. The maximum Gasteiger partial charge on any atom is 0.421 e. The third kappa shape index (κ3) is 4.02. The second-order valence-corrected chi connectivity index (χ2v) is 8.83. The van der Waals surface area contributed by atoms with Crippen LogP contribution in [-0.2, 0) is 15.6 Å². The van der Waals surface area contributed by atoms with E-state index in [-0.39, 0.29) is 29.2 Å². The lowest BCUT2D eigenvalue weighted by Gasteiger charge is -2.35. The summed E-state index contributed by atoms with van der Waals surface area (Å²) < 4.78 is 65.7. The van der Waals surface area contributed by atoms with Crippen molar-refractivity contribution >= 4 is 21.4 Å². The first-order valence-electron chi connectivity index (χ1n) is 8.79. The molecule has 29 heavy (non-hydrogen) atoms. The smallest absolute Gasteiger partial charge is 0.398 e. The van der Waals surface area contributed by atoms with Gasteiger partial charge in [-0.2, -0.15) is 17.5 Å². The van der Waals surface area contributed by atoms with Gasteiger partial charge in [0.1, 0.15) is 4.90 Å². The van der Waals surface area contributed by atoms with Crippen LogP contribution >= 0.6 is 0 Å². The van der Waals surface area contributed by atoms with Crippen LogP contribution in [0.4, 0.5) is 24.5 Å². The van der Waals surface area contributed by atoms with E-state index in [1.54, 1.807) is 0 Å². The van der Waals surface area contributed by atoms with E-state index in [9.17, 15) is 26.7 Å². The molecular weight excluding hydrogens is 409 g/mol. The van der Waals surface area contributed by atoms with E-state index < -0.39 is 21.8 Å². The van der Waals surface area contributed by atoms with Crippen molar-refractivity contribution in [1.82, 2.24) is 9.29 Å². The summed E-state index contributed by atoms with van der Waals surface area (Å²) in [5, 5.41) is 9.75. The van der Waals surface area contributed by atoms with E-state index >= 15 is 0 Å². The van der Waals surface area contributed by atoms with Crippen LogP contribution in [0.3, 0.4) is 0 Å². The first kappa shape index (κ1) is 21.3. The number of benzene rings is 1. The molecule has 0 spiro atoms. The van der Waals surface area contributed by atoms with Crippen molar-refractivity contribution in [3.05, 3.63) is 48.3 Å². The van der Waals surface area contributed by atoms with Gasteiger partial charge in [-0.05, 0) is 30.7 Å². The first-order chi connectivity index (χ1) is 13.4. The molecule has 1 atom stereocenters. The van der Waals surface area contributed by atoms with Crippen molar-refractivity contribution in [2.24, 2.45) is 0 Å². The minimum atomic E-state index is -4.79. The van der Waals surface area contributed by atoms with Crippen molar-refractivity contribution in [2.75, 3.05) is 36.8 Å². The van der Waals surface area contributed by atoms with Gasteiger partial charge in [-0.15, -0.1) is 0 Å². The Morgan fingerprint density at radius 1 is 1.07 bits per heavy atom. The van der Waals surface area contributed by atoms with E-state index in [1.165, 1.54) is 47.0 Å². The van der Waals surface area contributed by atoms with Gasteiger partial charge >= 0.3 is 6.18 Å². The molecule has 0 saturated carbocycles. The van der Waals surface area contributed by atoms with Gasteiger partial charge in [0.15, 0.2) is 5.60 Å². The fourth-order valence-electron chi connectivity index (χ4n) is 3.09. The number of aliphatic hydroxyl groups is 1. The highest BCUT2D eigenvalue weighted by Crippen LogP contribution is 2.39. The Labute approximate surface area is 166 Å². The van der Waals surface area contributed by atoms with Gasteiger partial charge < -0.3 is 15.7 Å². The zero-order valence-corrected chi connectivity index (χ0v) is 16.4. The largest absolute Gasteiger partial charge is 0.421 e. The normalized spacial score (nSPS) is 18.4. The zero-order chi connectivity index (χ0) is 21.4. The highest BCUT2D eigenvalue weighted by Gasteiger charge is 2.51. The van der Waals surface area contributed by atoms with Gasteiger partial charge in [0.05, 0.1) is 5.69 Å². The van der Waals surface area contributed by atoms with E-state index in [2.05, 4.69) is 4.98 Å². The SMILES string of the molecule is CC(O)(c1ccc(N2CCN(S(=O)(=O)c3cnccc3N)CC2)cc1)C(F)(F)F. The minimum absolute atomic E-state index is 0.0489. The van der Waals surface area contributed by atoms with Gasteiger partial charge in [0, 0.05) is 44.3 Å². The number of nitrogen functional groups attached to an aromatic ring is 1. The molecule has 1 unspecified atom stereocenters. The minimum Gasteiger partial charge on any atom is -0.398 e. The Bertz CT molecular complexity index is 971. The summed E-state index contributed by atoms with van der Waals surface area (Å²) in [4.78, 5) is 5.63. The monoisotopic (exact) mass is 430 g/mol. The number of rotatable bonds is 4. The molecule has 3 rings (SSSR count). The molecule has 0 radical (unpaired) electrons. The Balaban J connectivity index is 1.71. The molecular formula is C18H21F3N4O3S. The molecule has 1 aliphatic rings. The molecule has 0 bridgehead atoms. The third-order valence-electron chi connectivity index (χ3n) is 5.02. The van der Waals surface area contributed by atoms with E-state index in [4.69, 9.17) is 5.73 Å². The number of nitrogens with two attached hydrogens (primary N) is 1. The summed E-state index contributed by atoms with van der Waals surface area (Å²) in [5.74, 6) is 0. The highest BCUT2D eigenvalue weighted by atomic mass is 32.2. The molecule has 0 amide bonds. The fourth-order valence-corrected chi connectivity index (χ4v) is 4.57. The number of hydrogen-bond donors (Lipinski definition) is 2. The van der Waals surface area contributed by atoms with E-state index in [0.29, 0.717) is 25.7 Å². The summed E-state index contributed by atoms with van der Waals surface area (Å²) >= 11 is 0. The van der Waals surface area contributed by atoms with Gasteiger partial charge in [0.2, 0.25) is 10.0 Å². The molecule has 158 valence electrons. The lowest BCUT2D eigenvalue weighted by molar-refractivity contribution is -0.258. The summed E-state index contributed by atoms with van der Waals surface area (Å²) in [7, 11) is -3.78. The predicted octanol–water partition coefficient (Wildman–Crippen LogP) is 1.94. The highest BCUT2D eigenvalue weighted by molar-refractivity contribution is 7.89. The van der Waals surface area contributed by atoms with Gasteiger partial charge in [-0.1, -0.05) is 12.1 Å². The number of pyridine rings is 1. The van der Waals surface area contributed by atoms with Crippen LogP contribution in [0, 0.1) is 0 Å². The number of alkyl halides is 3. The number of anilines is 2. The van der Waals surface area contributed by atoms with Crippen LogP contribution in [0.15, 0.2) is 47.6 Å². The number of aromatic nitrogens is 1. The summed E-state index contributed by atoms with van der Waals surface area (Å²) in [5.41, 5.74) is 3.31. The van der Waals surface area contributed by atoms with Crippen molar-refractivity contribution in [3.63, 3.8) is 0 Å². The molecule has 2 heterocycles. The molecule has 0 aliphatic carbocycles. The van der Waals surface area contributed by atoms with Crippen molar-refractivity contribution in [2.45, 2.75) is 23.6 Å². The quantitative estimate of drug-likeness (QED) is 0.769. The lowest BCUT2D eigenvalue weighted by atomic mass is 9.95. The molecule has 1 aromatic carbocycles. The predicted molar refractivity (Wildman–Crippen MR) is 102 cm³/mol. The third-order valence-corrected chi connectivity index (χ3v) is 6.96. The van der Waals surface area contributed by atoms with Crippen LogP contribution in [0.5, 0.6) is 0 Å². The molecule has 7 nitrogen and oxygen atoms in total. The average Bonchev–Trinajstić information content (AvgIpc) is 2.67. The number of nitrogens with zero attached hydrogens (tertiary/aromatic N) is 3. The standard InChI is InChI=1S/C18H21F3N4O3S/c1-17(26,18(19,20)21)13-2-4-14(5-3-13)24-8-10-25(11-9-24)29(27,28)16-12-23-7-6-15(16)22/h2-7,12,26H,8-11H2,1H3,(H2,22,23). The Morgan fingerprint density at radius 2 is 1.66 bits per heavy atom. The second kappa shape index (κ2) is 7.47. The van der Waals surface area contributed by atoms with Gasteiger partial charge in [0.25, 0.3) is 0 Å². The number of halogens is 3. The Kier molecular flexibility index (Phi) is 5.50. The maximum atomic E-state index is 13.0. The van der Waals surface area contributed by atoms with Crippen molar-refractivity contribution < 1.29 is 26.7 Å². The molecule has 1 aromatic heterocycles. The number of sulfonamides is 1. The van der Waals surface area contributed by atoms with Crippen LogP contribution in [0.1, 0.15) is 12.5 Å². The summed E-state index contributed by atoms with van der Waals surface area (Å²) in [6.07, 6.45) is -2.17. The lowest BCUT2D eigenvalue weighted by Crippen LogP contribution is -2.48. The Morgan fingerprint density at radius 3 is 2.17 bits per heavy atom. The second-order valence-electron chi connectivity index (χ2n) is 6.92. The molecule has 1 fully saturated rings. The maximum absolute atomic E-state index is 13.0. The topological polar surface area (TPSA) is 99.8 Å². The molecule has 1 saturated heterocycles. The van der Waals surface area contributed by atoms with Crippen LogP contribution in [-0.4, -0.2) is 55.2 Å². The van der Waals surface area contributed by atoms with Crippen LogP contribution < -0.4 is 10.6 Å². The van der Waals surface area contributed by atoms with E-state index in [0.717, 1.165) is 0 Å². The number of piperazine rings is 1. The van der Waals surface area contributed by atoms with Crippen LogP contribution in [0.25, 0.3) is 0 Å². The first-order valence-corrected chi connectivity index (χ1v) is 10.2. The van der Waals surface area contributed by atoms with Crippen molar-refractivity contribution in [1.29, 1.82) is 0 Å². The van der Waals surface area contributed by atoms with E-state index in [1.807, 2.05) is 4.90 Å².